The summed E-state index contributed by atoms with van der Waals surface area (Å²) in [5.41, 5.74) is 13.9. The number of fused-ring (bicyclic) bond motifs is 1. The SMILES string of the molecule is CCCCC[C@H](NC(=O)[C@H](CCCNC(N)=NC)NC(=O)[C@H](CCCNC(N)=NC)NC(=O)CC[C@H](NC(=O)c1ccc(N(Cc2cnc3nc(N)[nH]c(=O)c3n2)C(=O)C(F)(F)F)cc1)C(=O)OC(C)(C)C)C(=O)OC. The zero-order valence-electron chi connectivity index (χ0n) is 43.5. The summed E-state index contributed by atoms with van der Waals surface area (Å²) in [6, 6.07) is -0.759. The van der Waals surface area contributed by atoms with Crippen LogP contribution in [0.1, 0.15) is 108 Å². The molecule has 0 saturated carbocycles. The third kappa shape index (κ3) is 20.6. The first kappa shape index (κ1) is 62.2. The highest BCUT2D eigenvalue weighted by Crippen LogP contribution is 2.26. The minimum Gasteiger partial charge on any atom is -0.467 e. The standard InChI is InChI=1S/C47H69F3N16O10/c1-8-9-10-13-31(40(72)75-7)63-38(70)30(15-12-23-57-44(52)55-6)61-37(69)29(14-11-22-56-43(51)54-5)60-33(67)21-20-32(41(73)76-46(2,3)4)62-36(68)26-16-18-28(19-17-26)66(42(74)47(48,49)50)25-27-24-58-35-34(59-27)39(71)65-45(53)64-35/h16-19,24,29-32H,8-15,20-23,25H2,1-7H3,(H,60,67)(H,61,69)(H,62,68)(H,63,70)(H3,51,54,56)(H3,52,55,57)(H3,53,58,64,65,71)/t29-,30-,31-,32-/m0/s1. The number of aromatic amines is 1. The summed E-state index contributed by atoms with van der Waals surface area (Å²) < 4.78 is 52.2. The van der Waals surface area contributed by atoms with Crippen molar-refractivity contribution in [3.8, 4) is 0 Å². The molecule has 29 heteroatoms. The maximum absolute atomic E-state index is 14.1. The highest BCUT2D eigenvalue weighted by atomic mass is 19.4. The fraction of sp³-hybridized carbons (Fsp3) is 0.553. The Hall–Kier alpha value is -8.14. The van der Waals surface area contributed by atoms with Crippen LogP contribution in [0.2, 0.25) is 0 Å². The van der Waals surface area contributed by atoms with E-state index in [4.69, 9.17) is 26.7 Å². The molecule has 76 heavy (non-hydrogen) atoms. The maximum atomic E-state index is 14.1. The monoisotopic (exact) mass is 1070 g/mol. The zero-order valence-corrected chi connectivity index (χ0v) is 43.5. The van der Waals surface area contributed by atoms with E-state index in [0.717, 1.165) is 43.3 Å². The van der Waals surface area contributed by atoms with Gasteiger partial charge < -0.3 is 58.6 Å². The van der Waals surface area contributed by atoms with Crippen molar-refractivity contribution >= 4 is 76.2 Å². The molecule has 26 nitrogen and oxygen atoms in total. The van der Waals surface area contributed by atoms with Crippen LogP contribution in [0.5, 0.6) is 0 Å². The number of guanidine groups is 2. The van der Waals surface area contributed by atoms with Crippen molar-refractivity contribution in [2.75, 3.05) is 44.9 Å². The second-order valence-corrected chi connectivity index (χ2v) is 18.1. The number of unbranched alkanes of at least 4 members (excludes halogenated alkanes) is 2. The van der Waals surface area contributed by atoms with Crippen molar-refractivity contribution in [2.24, 2.45) is 21.5 Å². The Kier molecular flexibility index (Phi) is 24.3. The van der Waals surface area contributed by atoms with Gasteiger partial charge in [0.2, 0.25) is 23.7 Å². The van der Waals surface area contributed by atoms with E-state index in [1.807, 2.05) is 6.92 Å². The van der Waals surface area contributed by atoms with Gasteiger partial charge in [-0.25, -0.2) is 19.6 Å². The maximum Gasteiger partial charge on any atom is 0.471 e. The number of nitrogen functional groups attached to an aromatic ring is 1. The molecule has 3 rings (SSSR count). The number of hydrogen-bond donors (Lipinski definition) is 10. The van der Waals surface area contributed by atoms with Crippen LogP contribution in [0.25, 0.3) is 11.2 Å². The molecule has 0 fully saturated rings. The molecule has 0 aliphatic heterocycles. The van der Waals surface area contributed by atoms with E-state index in [2.05, 4.69) is 61.8 Å². The minimum absolute atomic E-state index is 0.000506. The number of carbonyl (C=O) groups is 7. The Morgan fingerprint density at radius 1 is 0.763 bits per heavy atom. The molecule has 0 aliphatic carbocycles. The molecule has 13 N–H and O–H groups in total. The van der Waals surface area contributed by atoms with E-state index in [9.17, 15) is 51.5 Å². The Morgan fingerprint density at radius 2 is 1.32 bits per heavy atom. The predicted octanol–water partition coefficient (Wildman–Crippen LogP) is 0.447. The van der Waals surface area contributed by atoms with Gasteiger partial charge in [0.1, 0.15) is 29.8 Å². The molecule has 4 atom stereocenters. The van der Waals surface area contributed by atoms with Gasteiger partial charge in [0.05, 0.1) is 25.5 Å². The molecular weight excluding hydrogens is 1010 g/mol. The van der Waals surface area contributed by atoms with Crippen molar-refractivity contribution in [1.29, 1.82) is 0 Å². The van der Waals surface area contributed by atoms with E-state index in [0.29, 0.717) is 17.7 Å². The number of nitrogens with two attached hydrogens (primary N) is 3. The van der Waals surface area contributed by atoms with Gasteiger partial charge in [0, 0.05) is 44.9 Å². The molecule has 2 heterocycles. The van der Waals surface area contributed by atoms with Gasteiger partial charge >= 0.3 is 24.0 Å². The topological polar surface area (TPSA) is 388 Å². The second-order valence-electron chi connectivity index (χ2n) is 18.1. The largest absolute Gasteiger partial charge is 0.471 e. The smallest absolute Gasteiger partial charge is 0.467 e. The van der Waals surface area contributed by atoms with Crippen molar-refractivity contribution < 1.29 is 56.2 Å². The van der Waals surface area contributed by atoms with E-state index in [1.54, 1.807) is 20.8 Å². The van der Waals surface area contributed by atoms with Crippen molar-refractivity contribution in [3.05, 3.63) is 52.1 Å². The van der Waals surface area contributed by atoms with Gasteiger partial charge in [-0.2, -0.15) is 18.2 Å². The highest BCUT2D eigenvalue weighted by molar-refractivity contribution is 6.00. The number of methoxy groups -OCH3 is 1. The average Bonchev–Trinajstić information content (AvgIpc) is 3.36. The molecule has 0 saturated heterocycles. The fourth-order valence-electron chi connectivity index (χ4n) is 7.12. The van der Waals surface area contributed by atoms with Crippen LogP contribution in [0.15, 0.2) is 45.2 Å². The van der Waals surface area contributed by atoms with E-state index >= 15 is 0 Å². The first-order valence-electron chi connectivity index (χ1n) is 24.2. The third-order valence-corrected chi connectivity index (χ3v) is 11.0. The van der Waals surface area contributed by atoms with Gasteiger partial charge in [0.25, 0.3) is 11.5 Å². The number of H-pyrrole nitrogens is 1. The number of hydrogen-bond acceptors (Lipinski definition) is 16. The number of esters is 2. The molecule has 1 aromatic carbocycles. The lowest BCUT2D eigenvalue weighted by Crippen LogP contribution is -2.56. The number of aromatic nitrogens is 4. The molecule has 0 bridgehead atoms. The van der Waals surface area contributed by atoms with Gasteiger partial charge in [-0.15, -0.1) is 0 Å². The summed E-state index contributed by atoms with van der Waals surface area (Å²) in [6.07, 6.45) is -2.10. The number of aliphatic imine (C=N–C) groups is 2. The normalized spacial score (nSPS) is 13.6. The molecular formula is C47H69F3N16O10. The van der Waals surface area contributed by atoms with Crippen LogP contribution in [0.4, 0.5) is 24.8 Å². The molecule has 0 radical (unpaired) electrons. The molecule has 5 amide bonds. The number of alkyl halides is 3. The molecule has 418 valence electrons. The Balaban J connectivity index is 1.87. The van der Waals surface area contributed by atoms with Crippen LogP contribution < -0.4 is 59.6 Å². The summed E-state index contributed by atoms with van der Waals surface area (Å²) in [6.45, 7) is 6.33. The first-order chi connectivity index (χ1) is 35.8. The van der Waals surface area contributed by atoms with E-state index < -0.39 is 95.9 Å². The molecule has 3 aromatic rings. The minimum atomic E-state index is -5.37. The summed E-state index contributed by atoms with van der Waals surface area (Å²) in [5, 5.41) is 16.3. The molecule has 0 aliphatic rings. The van der Waals surface area contributed by atoms with Crippen LogP contribution in [0.3, 0.4) is 0 Å². The molecule has 2 aromatic heterocycles. The lowest BCUT2D eigenvalue weighted by molar-refractivity contribution is -0.170. The number of carbonyl (C=O) groups excluding carboxylic acids is 7. The summed E-state index contributed by atoms with van der Waals surface area (Å²) in [7, 11) is 4.14. The summed E-state index contributed by atoms with van der Waals surface area (Å²) in [4.78, 5) is 129. The van der Waals surface area contributed by atoms with Crippen molar-refractivity contribution in [1.82, 2.24) is 51.8 Å². The number of amides is 5. The van der Waals surface area contributed by atoms with Crippen LogP contribution in [-0.2, 0) is 44.8 Å². The lowest BCUT2D eigenvalue weighted by Gasteiger charge is -2.26. The molecule has 0 spiro atoms. The number of nitrogens with zero attached hydrogens (tertiary/aromatic N) is 6. The zero-order chi connectivity index (χ0) is 56.8. The van der Waals surface area contributed by atoms with E-state index in [1.165, 1.54) is 21.2 Å². The Morgan fingerprint density at radius 3 is 1.86 bits per heavy atom. The predicted molar refractivity (Wildman–Crippen MR) is 274 cm³/mol. The first-order valence-corrected chi connectivity index (χ1v) is 24.2. The Labute approximate surface area is 436 Å². The van der Waals surface area contributed by atoms with E-state index in [-0.39, 0.29) is 91.2 Å². The summed E-state index contributed by atoms with van der Waals surface area (Å²) in [5.74, 6) is -7.09. The van der Waals surface area contributed by atoms with Gasteiger partial charge in [-0.3, -0.25) is 48.6 Å². The van der Waals surface area contributed by atoms with Crippen molar-refractivity contribution in [2.45, 2.75) is 134 Å². The van der Waals surface area contributed by atoms with Crippen LogP contribution in [-0.4, -0.2) is 144 Å². The number of rotatable bonds is 27. The summed E-state index contributed by atoms with van der Waals surface area (Å²) >= 11 is 0. The second kappa shape index (κ2) is 29.7. The number of ether oxygens (including phenoxy) is 2. The number of anilines is 2. The van der Waals surface area contributed by atoms with Crippen LogP contribution in [0, 0.1) is 0 Å². The number of benzene rings is 1. The van der Waals surface area contributed by atoms with Crippen molar-refractivity contribution in [3.63, 3.8) is 0 Å². The molecule has 0 unspecified atom stereocenters. The quantitative estimate of drug-likeness (QED) is 0.0214. The van der Waals surface area contributed by atoms with Gasteiger partial charge in [0.15, 0.2) is 23.1 Å². The number of halogens is 3. The van der Waals surface area contributed by atoms with Crippen LogP contribution >= 0.6 is 0 Å². The fourth-order valence-corrected chi connectivity index (χ4v) is 7.12. The highest BCUT2D eigenvalue weighted by Gasteiger charge is 2.43. The Bertz CT molecular complexity index is 2610. The average molecular weight is 1080 g/mol. The number of nitrogens with one attached hydrogen (secondary N) is 7. The third-order valence-electron chi connectivity index (χ3n) is 11.0. The van der Waals surface area contributed by atoms with Gasteiger partial charge in [-0.1, -0.05) is 26.2 Å². The van der Waals surface area contributed by atoms with Gasteiger partial charge in [-0.05, 0) is 83.6 Å². The lowest BCUT2D eigenvalue weighted by atomic mass is 10.0.